The predicted octanol–water partition coefficient (Wildman–Crippen LogP) is 2.39. The van der Waals surface area contributed by atoms with Crippen LogP contribution >= 0.6 is 15.9 Å². The normalized spacial score (nSPS) is 11.8. The number of nitro groups is 1. The smallest absolute Gasteiger partial charge is 0.291 e. The summed E-state index contributed by atoms with van der Waals surface area (Å²) in [6.07, 6.45) is 2.04. The quantitative estimate of drug-likeness (QED) is 0.609. The number of halogens is 1. The number of hydrogen-bond donors (Lipinski definition) is 2. The van der Waals surface area contributed by atoms with Crippen molar-refractivity contribution in [3.63, 3.8) is 0 Å². The maximum Gasteiger partial charge on any atom is 0.291 e. The molecule has 1 rings (SSSR count). The zero-order valence-electron chi connectivity index (χ0n) is 11.6. The topological polar surface area (TPSA) is 97.2 Å². The van der Waals surface area contributed by atoms with Crippen LogP contribution in [0.15, 0.2) is 10.7 Å². The summed E-state index contributed by atoms with van der Waals surface area (Å²) in [6.45, 7) is 5.90. The van der Waals surface area contributed by atoms with Gasteiger partial charge in [-0.3, -0.25) is 14.9 Å². The predicted molar refractivity (Wildman–Crippen MR) is 79.7 cm³/mol. The van der Waals surface area contributed by atoms with Gasteiger partial charge in [0.25, 0.3) is 5.69 Å². The molecule has 0 bridgehead atoms. The van der Waals surface area contributed by atoms with Gasteiger partial charge in [0.2, 0.25) is 5.91 Å². The van der Waals surface area contributed by atoms with Crippen LogP contribution in [0.5, 0.6) is 0 Å². The second kappa shape index (κ2) is 7.18. The van der Waals surface area contributed by atoms with Crippen LogP contribution in [0.2, 0.25) is 0 Å². The van der Waals surface area contributed by atoms with E-state index in [9.17, 15) is 14.9 Å². The molecule has 1 unspecified atom stereocenters. The van der Waals surface area contributed by atoms with Crippen LogP contribution in [0.4, 0.5) is 11.5 Å². The molecule has 0 saturated heterocycles. The first kappa shape index (κ1) is 16.4. The van der Waals surface area contributed by atoms with E-state index in [0.29, 0.717) is 22.4 Å². The van der Waals surface area contributed by atoms with Gasteiger partial charge in [-0.2, -0.15) is 0 Å². The lowest BCUT2D eigenvalue weighted by Gasteiger charge is -2.16. The van der Waals surface area contributed by atoms with Gasteiger partial charge in [-0.25, -0.2) is 4.98 Å². The molecule has 0 aliphatic carbocycles. The monoisotopic (exact) mass is 344 g/mol. The molecule has 1 amide bonds. The molecule has 110 valence electrons. The van der Waals surface area contributed by atoms with Gasteiger partial charge in [0, 0.05) is 12.1 Å². The van der Waals surface area contributed by atoms with Crippen LogP contribution in [-0.4, -0.2) is 28.4 Å². The summed E-state index contributed by atoms with van der Waals surface area (Å²) in [5.74, 6) is 0.267. The van der Waals surface area contributed by atoms with Crippen molar-refractivity contribution >= 4 is 33.3 Å². The SMILES string of the molecule is CCCNC(=O)C(C)Nc1ncc([N+](=O)[O-])c(C)c1Br. The lowest BCUT2D eigenvalue weighted by Crippen LogP contribution is -2.38. The number of amides is 1. The molecule has 7 nitrogen and oxygen atoms in total. The van der Waals surface area contributed by atoms with Gasteiger partial charge in [0.1, 0.15) is 18.1 Å². The molecule has 8 heteroatoms. The maximum absolute atomic E-state index is 11.8. The molecule has 1 aromatic heterocycles. The Kier molecular flexibility index (Phi) is 5.87. The van der Waals surface area contributed by atoms with E-state index in [0.717, 1.165) is 6.42 Å². The summed E-state index contributed by atoms with van der Waals surface area (Å²) in [6, 6.07) is -0.480. The van der Waals surface area contributed by atoms with E-state index in [4.69, 9.17) is 0 Å². The van der Waals surface area contributed by atoms with E-state index in [1.54, 1.807) is 13.8 Å². The second-order valence-electron chi connectivity index (χ2n) is 4.35. The maximum atomic E-state index is 11.8. The van der Waals surface area contributed by atoms with Crippen LogP contribution in [-0.2, 0) is 4.79 Å². The third-order valence-electron chi connectivity index (χ3n) is 2.73. The number of carbonyl (C=O) groups excluding carboxylic acids is 1. The molecule has 2 N–H and O–H groups in total. The first-order valence-electron chi connectivity index (χ1n) is 6.22. The summed E-state index contributed by atoms with van der Waals surface area (Å²) >= 11 is 3.27. The molecule has 1 aromatic rings. The summed E-state index contributed by atoms with van der Waals surface area (Å²) in [5.41, 5.74) is 0.402. The highest BCUT2D eigenvalue weighted by Gasteiger charge is 2.19. The Morgan fingerprint density at radius 1 is 1.60 bits per heavy atom. The highest BCUT2D eigenvalue weighted by molar-refractivity contribution is 9.10. The van der Waals surface area contributed by atoms with Crippen molar-refractivity contribution in [1.29, 1.82) is 0 Å². The molecule has 0 fully saturated rings. The van der Waals surface area contributed by atoms with E-state index in [1.807, 2.05) is 6.92 Å². The zero-order chi connectivity index (χ0) is 15.3. The van der Waals surface area contributed by atoms with Gasteiger partial charge >= 0.3 is 0 Å². The van der Waals surface area contributed by atoms with Gasteiger partial charge in [-0.05, 0) is 36.2 Å². The fourth-order valence-corrected chi connectivity index (χ4v) is 1.95. The van der Waals surface area contributed by atoms with Crippen LogP contribution < -0.4 is 10.6 Å². The van der Waals surface area contributed by atoms with Gasteiger partial charge in [-0.1, -0.05) is 6.92 Å². The van der Waals surface area contributed by atoms with Gasteiger partial charge < -0.3 is 10.6 Å². The average Bonchev–Trinajstić information content (AvgIpc) is 2.40. The van der Waals surface area contributed by atoms with Crippen molar-refractivity contribution in [3.05, 3.63) is 26.3 Å². The molecule has 0 radical (unpaired) electrons. The summed E-state index contributed by atoms with van der Waals surface area (Å²) in [4.78, 5) is 26.0. The fourth-order valence-electron chi connectivity index (χ4n) is 1.53. The van der Waals surface area contributed by atoms with Gasteiger partial charge in [0.15, 0.2) is 0 Å². The number of rotatable bonds is 6. The molecule has 0 aliphatic heterocycles. The molecule has 1 heterocycles. The minimum absolute atomic E-state index is 0.0643. The summed E-state index contributed by atoms with van der Waals surface area (Å²) < 4.78 is 0.488. The fraction of sp³-hybridized carbons (Fsp3) is 0.500. The molecule has 20 heavy (non-hydrogen) atoms. The highest BCUT2D eigenvalue weighted by atomic mass is 79.9. The number of nitrogens with one attached hydrogen (secondary N) is 2. The Morgan fingerprint density at radius 2 is 2.25 bits per heavy atom. The minimum atomic E-state index is -0.492. The van der Waals surface area contributed by atoms with Crippen LogP contribution in [0, 0.1) is 17.0 Å². The average molecular weight is 345 g/mol. The third kappa shape index (κ3) is 3.89. The van der Waals surface area contributed by atoms with E-state index in [2.05, 4.69) is 31.5 Å². The summed E-state index contributed by atoms with van der Waals surface area (Å²) in [5, 5.41) is 16.5. The standard InChI is InChI=1S/C12H17BrN4O3/c1-4-5-14-12(18)8(3)16-11-10(13)7(2)9(6-15-11)17(19)20/h6,8H,4-5H2,1-3H3,(H,14,18)(H,15,16). The number of aromatic nitrogens is 1. The van der Waals surface area contributed by atoms with Crippen LogP contribution in [0.3, 0.4) is 0 Å². The number of pyridine rings is 1. The van der Waals surface area contributed by atoms with Crippen molar-refractivity contribution in [2.45, 2.75) is 33.2 Å². The lowest BCUT2D eigenvalue weighted by atomic mass is 10.2. The van der Waals surface area contributed by atoms with E-state index in [-0.39, 0.29) is 11.6 Å². The summed E-state index contributed by atoms with van der Waals surface area (Å²) in [7, 11) is 0. The Hall–Kier alpha value is -1.70. The van der Waals surface area contributed by atoms with Crippen molar-refractivity contribution < 1.29 is 9.72 Å². The first-order valence-corrected chi connectivity index (χ1v) is 7.01. The van der Waals surface area contributed by atoms with Crippen molar-refractivity contribution in [1.82, 2.24) is 10.3 Å². The van der Waals surface area contributed by atoms with Crippen LogP contribution in [0.25, 0.3) is 0 Å². The molecule has 1 atom stereocenters. The Labute approximate surface area is 125 Å². The highest BCUT2D eigenvalue weighted by Crippen LogP contribution is 2.30. The van der Waals surface area contributed by atoms with Crippen molar-refractivity contribution in [2.24, 2.45) is 0 Å². The number of nitrogens with zero attached hydrogens (tertiary/aromatic N) is 2. The number of hydrogen-bond acceptors (Lipinski definition) is 5. The number of anilines is 1. The largest absolute Gasteiger partial charge is 0.358 e. The van der Waals surface area contributed by atoms with E-state index < -0.39 is 11.0 Å². The van der Waals surface area contributed by atoms with Gasteiger partial charge in [0.05, 0.1) is 9.40 Å². The second-order valence-corrected chi connectivity index (χ2v) is 5.14. The minimum Gasteiger partial charge on any atom is -0.358 e. The molecule has 0 aliphatic rings. The van der Waals surface area contributed by atoms with E-state index in [1.165, 1.54) is 6.20 Å². The van der Waals surface area contributed by atoms with Gasteiger partial charge in [-0.15, -0.1) is 0 Å². The molecular weight excluding hydrogens is 328 g/mol. The number of carbonyl (C=O) groups is 1. The molecular formula is C12H17BrN4O3. The molecule has 0 spiro atoms. The lowest BCUT2D eigenvalue weighted by molar-refractivity contribution is -0.385. The molecule has 0 saturated carbocycles. The van der Waals surface area contributed by atoms with Crippen LogP contribution in [0.1, 0.15) is 25.8 Å². The Balaban J connectivity index is 2.86. The van der Waals surface area contributed by atoms with Crippen molar-refractivity contribution in [2.75, 3.05) is 11.9 Å². The molecule has 0 aromatic carbocycles. The Bertz CT molecular complexity index is 522. The first-order chi connectivity index (χ1) is 9.38. The zero-order valence-corrected chi connectivity index (χ0v) is 13.2. The van der Waals surface area contributed by atoms with E-state index >= 15 is 0 Å². The Morgan fingerprint density at radius 3 is 2.80 bits per heavy atom. The van der Waals surface area contributed by atoms with Crippen molar-refractivity contribution in [3.8, 4) is 0 Å². The third-order valence-corrected chi connectivity index (χ3v) is 3.70.